The van der Waals surface area contributed by atoms with Crippen molar-refractivity contribution in [2.24, 2.45) is 0 Å². The third-order valence-electron chi connectivity index (χ3n) is 3.22. The minimum atomic E-state index is 0.312. The first-order chi connectivity index (χ1) is 10.5. The number of nitriles is 1. The molecule has 6 heteroatoms. The van der Waals surface area contributed by atoms with Crippen LogP contribution in [0.5, 0.6) is 17.4 Å². The van der Waals surface area contributed by atoms with E-state index in [2.05, 4.69) is 4.98 Å². The van der Waals surface area contributed by atoms with E-state index in [1.54, 1.807) is 18.2 Å². The fourth-order valence-corrected chi connectivity index (χ4v) is 2.42. The van der Waals surface area contributed by atoms with Crippen molar-refractivity contribution in [3.63, 3.8) is 0 Å². The molecule has 22 heavy (non-hydrogen) atoms. The molecule has 2 rings (SSSR count). The molecule has 1 aromatic heterocycles. The predicted octanol–water partition coefficient (Wildman–Crippen LogP) is 3.86. The molecule has 0 saturated carbocycles. The Bertz CT molecular complexity index is 754. The van der Waals surface area contributed by atoms with E-state index in [0.29, 0.717) is 40.1 Å². The van der Waals surface area contributed by atoms with E-state index >= 15 is 0 Å². The van der Waals surface area contributed by atoms with Crippen LogP contribution in [0, 0.1) is 18.3 Å². The van der Waals surface area contributed by atoms with E-state index in [0.717, 1.165) is 11.3 Å². The Morgan fingerprint density at radius 2 is 2.09 bits per heavy atom. The molecule has 0 aliphatic carbocycles. The number of methoxy groups -OCH3 is 1. The van der Waals surface area contributed by atoms with Crippen molar-refractivity contribution in [2.45, 2.75) is 20.3 Å². The minimum Gasteiger partial charge on any atom is -0.479 e. The highest BCUT2D eigenvalue weighted by atomic mass is 35.5. The number of ether oxygens (including phenoxy) is 2. The molecule has 2 aromatic rings. The molecule has 0 unspecified atom stereocenters. The number of nitrogens with two attached hydrogens (primary N) is 1. The fourth-order valence-electron chi connectivity index (χ4n) is 2.20. The highest BCUT2D eigenvalue weighted by Gasteiger charge is 2.18. The molecule has 0 amide bonds. The van der Waals surface area contributed by atoms with Crippen LogP contribution in [-0.4, -0.2) is 12.1 Å². The Morgan fingerprint density at radius 1 is 1.36 bits per heavy atom. The number of anilines is 1. The van der Waals surface area contributed by atoms with Gasteiger partial charge in [0.25, 0.3) is 0 Å². The van der Waals surface area contributed by atoms with Gasteiger partial charge in [0, 0.05) is 16.3 Å². The van der Waals surface area contributed by atoms with Gasteiger partial charge in [-0.1, -0.05) is 18.5 Å². The molecule has 0 fully saturated rings. The standard InChI is InChI=1S/C16H16ClN3O2/c1-4-13-9(2)20-16(21-3)14(19)15(13)22-12-6-10(8-18)5-11(17)7-12/h5-7H,4,19H2,1-3H3. The summed E-state index contributed by atoms with van der Waals surface area (Å²) in [6.45, 7) is 3.85. The van der Waals surface area contributed by atoms with Crippen molar-refractivity contribution >= 4 is 17.3 Å². The summed E-state index contributed by atoms with van der Waals surface area (Å²) >= 11 is 6.00. The number of rotatable bonds is 4. The summed E-state index contributed by atoms with van der Waals surface area (Å²) in [5.74, 6) is 1.24. The Labute approximate surface area is 134 Å². The molecule has 0 aliphatic heterocycles. The number of hydrogen-bond donors (Lipinski definition) is 1. The summed E-state index contributed by atoms with van der Waals surface area (Å²) in [7, 11) is 1.50. The summed E-state index contributed by atoms with van der Waals surface area (Å²) in [5.41, 5.74) is 8.49. The molecular formula is C16H16ClN3O2. The van der Waals surface area contributed by atoms with E-state index in [1.807, 2.05) is 19.9 Å². The average Bonchev–Trinajstić information content (AvgIpc) is 2.50. The molecule has 1 aromatic carbocycles. The van der Waals surface area contributed by atoms with Crippen molar-refractivity contribution in [3.8, 4) is 23.4 Å². The summed E-state index contributed by atoms with van der Waals surface area (Å²) < 4.78 is 11.1. The van der Waals surface area contributed by atoms with Crippen LogP contribution < -0.4 is 15.2 Å². The van der Waals surface area contributed by atoms with Gasteiger partial charge in [-0.2, -0.15) is 5.26 Å². The maximum atomic E-state index is 9.02. The Balaban J connectivity index is 2.55. The van der Waals surface area contributed by atoms with E-state index < -0.39 is 0 Å². The lowest BCUT2D eigenvalue weighted by molar-refractivity contribution is 0.393. The molecule has 0 spiro atoms. The number of aromatic nitrogens is 1. The maximum absolute atomic E-state index is 9.02. The van der Waals surface area contributed by atoms with E-state index in [1.165, 1.54) is 7.11 Å². The Kier molecular flexibility index (Phi) is 4.74. The molecule has 0 aliphatic rings. The van der Waals surface area contributed by atoms with Crippen LogP contribution in [0.1, 0.15) is 23.7 Å². The lowest BCUT2D eigenvalue weighted by atomic mass is 10.1. The maximum Gasteiger partial charge on any atom is 0.241 e. The summed E-state index contributed by atoms with van der Waals surface area (Å²) in [6, 6.07) is 6.84. The molecule has 0 saturated heterocycles. The molecule has 0 atom stereocenters. The highest BCUT2D eigenvalue weighted by molar-refractivity contribution is 6.30. The molecule has 5 nitrogen and oxygen atoms in total. The van der Waals surface area contributed by atoms with E-state index in [-0.39, 0.29) is 0 Å². The van der Waals surface area contributed by atoms with Gasteiger partial charge in [-0.25, -0.2) is 4.98 Å². The van der Waals surface area contributed by atoms with Crippen molar-refractivity contribution in [2.75, 3.05) is 12.8 Å². The van der Waals surface area contributed by atoms with Crippen molar-refractivity contribution in [3.05, 3.63) is 40.0 Å². The fraction of sp³-hybridized carbons (Fsp3) is 0.250. The third kappa shape index (κ3) is 3.07. The monoisotopic (exact) mass is 317 g/mol. The lowest BCUT2D eigenvalue weighted by Gasteiger charge is -2.17. The first-order valence-electron chi connectivity index (χ1n) is 6.71. The Morgan fingerprint density at radius 3 is 2.68 bits per heavy atom. The number of nitrogen functional groups attached to an aromatic ring is 1. The summed E-state index contributed by atoms with van der Waals surface area (Å²) in [6.07, 6.45) is 0.702. The third-order valence-corrected chi connectivity index (χ3v) is 3.44. The zero-order chi connectivity index (χ0) is 16.3. The van der Waals surface area contributed by atoms with Crippen molar-refractivity contribution < 1.29 is 9.47 Å². The van der Waals surface area contributed by atoms with Crippen LogP contribution in [-0.2, 0) is 6.42 Å². The number of pyridine rings is 1. The number of benzene rings is 1. The average molecular weight is 318 g/mol. The minimum absolute atomic E-state index is 0.312. The van der Waals surface area contributed by atoms with Crippen LogP contribution in [0.2, 0.25) is 5.02 Å². The van der Waals surface area contributed by atoms with Gasteiger partial charge in [-0.05, 0) is 31.5 Å². The molecule has 2 N–H and O–H groups in total. The smallest absolute Gasteiger partial charge is 0.241 e. The van der Waals surface area contributed by atoms with Gasteiger partial charge >= 0.3 is 0 Å². The van der Waals surface area contributed by atoms with Crippen molar-refractivity contribution in [1.29, 1.82) is 5.26 Å². The molecule has 114 valence electrons. The van der Waals surface area contributed by atoms with Gasteiger partial charge in [0.2, 0.25) is 5.88 Å². The number of aryl methyl sites for hydroxylation is 1. The van der Waals surface area contributed by atoms with E-state index in [4.69, 9.17) is 32.1 Å². The normalized spacial score (nSPS) is 10.1. The Hall–Kier alpha value is -2.45. The van der Waals surface area contributed by atoms with Crippen molar-refractivity contribution in [1.82, 2.24) is 4.98 Å². The SMILES string of the molecule is CCc1c(C)nc(OC)c(N)c1Oc1cc(Cl)cc(C#N)c1. The quantitative estimate of drug-likeness (QED) is 0.926. The van der Waals surface area contributed by atoms with Crippen LogP contribution >= 0.6 is 11.6 Å². The molecule has 1 heterocycles. The van der Waals surface area contributed by atoms with Gasteiger partial charge in [0.1, 0.15) is 11.4 Å². The first-order valence-corrected chi connectivity index (χ1v) is 7.09. The zero-order valence-corrected chi connectivity index (χ0v) is 13.4. The molecular weight excluding hydrogens is 302 g/mol. The molecule has 0 bridgehead atoms. The topological polar surface area (TPSA) is 81.2 Å². The zero-order valence-electron chi connectivity index (χ0n) is 12.6. The lowest BCUT2D eigenvalue weighted by Crippen LogP contribution is -2.05. The van der Waals surface area contributed by atoms with Gasteiger partial charge in [0.05, 0.1) is 18.7 Å². The number of hydrogen-bond acceptors (Lipinski definition) is 5. The second kappa shape index (κ2) is 6.54. The van der Waals surface area contributed by atoms with Crippen LogP contribution in [0.4, 0.5) is 5.69 Å². The highest BCUT2D eigenvalue weighted by Crippen LogP contribution is 2.39. The largest absolute Gasteiger partial charge is 0.479 e. The predicted molar refractivity (Wildman–Crippen MR) is 85.6 cm³/mol. The first kappa shape index (κ1) is 15.9. The van der Waals surface area contributed by atoms with Crippen LogP contribution in [0.15, 0.2) is 18.2 Å². The van der Waals surface area contributed by atoms with Gasteiger partial charge in [-0.15, -0.1) is 0 Å². The van der Waals surface area contributed by atoms with Crippen LogP contribution in [0.25, 0.3) is 0 Å². The van der Waals surface area contributed by atoms with Gasteiger partial charge < -0.3 is 15.2 Å². The second-order valence-electron chi connectivity index (χ2n) is 4.67. The van der Waals surface area contributed by atoms with Gasteiger partial charge in [0.15, 0.2) is 5.75 Å². The summed E-state index contributed by atoms with van der Waals surface area (Å²) in [5, 5.41) is 9.44. The molecule has 0 radical (unpaired) electrons. The van der Waals surface area contributed by atoms with Gasteiger partial charge in [-0.3, -0.25) is 0 Å². The van der Waals surface area contributed by atoms with Crippen LogP contribution in [0.3, 0.4) is 0 Å². The summed E-state index contributed by atoms with van der Waals surface area (Å²) in [4.78, 5) is 4.31. The second-order valence-corrected chi connectivity index (χ2v) is 5.11. The number of nitrogens with zero attached hydrogens (tertiary/aromatic N) is 2. The number of halogens is 1. The van der Waals surface area contributed by atoms with E-state index in [9.17, 15) is 0 Å².